The molecule has 0 spiro atoms. The number of aryl methyl sites for hydroxylation is 2. The minimum Gasteiger partial charge on any atom is -0.711 e. The molecule has 1 aromatic carbocycles. The van der Waals surface area contributed by atoms with Gasteiger partial charge >= 0.3 is 6.09 Å². The number of amides is 2. The molecule has 0 aliphatic carbocycles. The van der Waals surface area contributed by atoms with E-state index >= 15 is 0 Å². The summed E-state index contributed by atoms with van der Waals surface area (Å²) in [6.07, 6.45) is 2.54. The number of fused-ring (bicyclic) bond motifs is 2. The lowest BCUT2D eigenvalue weighted by molar-refractivity contribution is -0.580. The average Bonchev–Trinajstić information content (AvgIpc) is 3.44. The van der Waals surface area contributed by atoms with Crippen molar-refractivity contribution in [1.82, 2.24) is 24.3 Å². The van der Waals surface area contributed by atoms with Crippen molar-refractivity contribution in [3.05, 3.63) is 47.3 Å². The van der Waals surface area contributed by atoms with Crippen LogP contribution in [-0.4, -0.2) is 62.9 Å². The first kappa shape index (κ1) is 27.3. The molecule has 1 atom stereocenters. The van der Waals surface area contributed by atoms with Crippen molar-refractivity contribution in [2.24, 2.45) is 7.05 Å². The lowest BCUT2D eigenvalue weighted by Gasteiger charge is -2.33. The zero-order valence-electron chi connectivity index (χ0n) is 23.9. The molecule has 0 unspecified atom stereocenters. The summed E-state index contributed by atoms with van der Waals surface area (Å²) in [7, 11) is 3.47. The van der Waals surface area contributed by atoms with E-state index < -0.39 is 11.7 Å². The Morgan fingerprint density at radius 1 is 1.25 bits per heavy atom. The number of carbonyl (C=O) groups excluding carboxylic acids is 2. The Labute approximate surface area is 232 Å². The molecule has 5 rings (SSSR count). The molecule has 212 valence electrons. The highest BCUT2D eigenvalue weighted by molar-refractivity contribution is 6.00. The molecule has 0 radical (unpaired) electrons. The highest BCUT2D eigenvalue weighted by Gasteiger charge is 2.29. The van der Waals surface area contributed by atoms with Crippen LogP contribution in [0.1, 0.15) is 50.9 Å². The summed E-state index contributed by atoms with van der Waals surface area (Å²) in [6.45, 7) is 9.00. The number of likely N-dealkylation sites (tertiary alicyclic amines) is 1. The molecule has 1 aliphatic rings. The summed E-state index contributed by atoms with van der Waals surface area (Å²) in [5, 5.41) is 16.3. The lowest BCUT2D eigenvalue weighted by Crippen LogP contribution is -2.50. The third-order valence-electron chi connectivity index (χ3n) is 7.18. The molecular formula is C29H36N6O5. The van der Waals surface area contributed by atoms with Crippen LogP contribution in [0.25, 0.3) is 33.6 Å². The Morgan fingerprint density at radius 3 is 2.73 bits per heavy atom. The van der Waals surface area contributed by atoms with Gasteiger partial charge in [-0.2, -0.15) is 0 Å². The van der Waals surface area contributed by atoms with Crippen LogP contribution in [0.3, 0.4) is 0 Å². The second-order valence-corrected chi connectivity index (χ2v) is 11.2. The van der Waals surface area contributed by atoms with E-state index in [0.717, 1.165) is 34.2 Å². The van der Waals surface area contributed by atoms with E-state index in [2.05, 4.69) is 5.32 Å². The Morgan fingerprint density at radius 2 is 2.02 bits per heavy atom. The molecule has 11 heteroatoms. The molecule has 1 N–H and O–H groups in total. The second-order valence-electron chi connectivity index (χ2n) is 11.2. The number of methoxy groups -OCH3 is 1. The van der Waals surface area contributed by atoms with E-state index in [4.69, 9.17) is 14.5 Å². The molecule has 1 saturated heterocycles. The number of hydrogen-bond donors (Lipinski definition) is 1. The number of aromatic nitrogens is 4. The Hall–Kier alpha value is -4.28. The first-order chi connectivity index (χ1) is 19.0. The van der Waals surface area contributed by atoms with Crippen LogP contribution >= 0.6 is 0 Å². The zero-order valence-corrected chi connectivity index (χ0v) is 23.9. The van der Waals surface area contributed by atoms with E-state index in [-0.39, 0.29) is 11.9 Å². The monoisotopic (exact) mass is 548 g/mol. The van der Waals surface area contributed by atoms with Crippen molar-refractivity contribution in [1.29, 1.82) is 0 Å². The summed E-state index contributed by atoms with van der Waals surface area (Å²) in [5.41, 5.74) is 2.59. The van der Waals surface area contributed by atoms with Crippen molar-refractivity contribution in [3.63, 3.8) is 0 Å². The molecule has 0 saturated carbocycles. The van der Waals surface area contributed by atoms with Gasteiger partial charge in [0.2, 0.25) is 0 Å². The number of piperidine rings is 1. The molecule has 1 fully saturated rings. The number of pyridine rings is 1. The number of rotatable bonds is 5. The number of benzene rings is 1. The van der Waals surface area contributed by atoms with E-state index in [1.807, 2.05) is 56.0 Å². The van der Waals surface area contributed by atoms with Gasteiger partial charge in [-0.3, -0.25) is 4.79 Å². The molecule has 4 aromatic rings. The van der Waals surface area contributed by atoms with Crippen LogP contribution in [0.15, 0.2) is 36.5 Å². The highest BCUT2D eigenvalue weighted by Crippen LogP contribution is 2.34. The van der Waals surface area contributed by atoms with Gasteiger partial charge in [0.1, 0.15) is 16.9 Å². The van der Waals surface area contributed by atoms with Crippen LogP contribution in [0.2, 0.25) is 0 Å². The molecule has 0 bridgehead atoms. The number of nitrogens with zero attached hydrogens (tertiary/aromatic N) is 5. The average molecular weight is 549 g/mol. The van der Waals surface area contributed by atoms with Crippen LogP contribution in [0.5, 0.6) is 5.75 Å². The summed E-state index contributed by atoms with van der Waals surface area (Å²) < 4.78 is 15.9. The number of ether oxygens (including phenoxy) is 2. The van der Waals surface area contributed by atoms with Crippen LogP contribution < -0.4 is 14.8 Å². The molecule has 11 nitrogen and oxygen atoms in total. The van der Waals surface area contributed by atoms with Gasteiger partial charge in [-0.1, -0.05) is 0 Å². The van der Waals surface area contributed by atoms with Gasteiger partial charge in [0, 0.05) is 37.8 Å². The smallest absolute Gasteiger partial charge is 0.407 e. The standard InChI is InChI=1S/C29H36N6O5/c1-7-34-22(15-18-10-8-13-35(38)26(18)34)25-31-21-14-19(16-23(39-6)24(21)32(25)5)27(36)33-12-9-11-20(17-33)30-28(37)40-29(2,3)4/h8,10,13-16,20H,7,9,11-12,17H2,1-6H3,(H,30,37)/t20-/m1/s1. The minimum absolute atomic E-state index is 0.154. The van der Waals surface area contributed by atoms with Gasteiger partial charge in [0.05, 0.1) is 30.8 Å². The fourth-order valence-electron chi connectivity index (χ4n) is 5.48. The molecular weight excluding hydrogens is 512 g/mol. The van der Waals surface area contributed by atoms with Gasteiger partial charge in [0.15, 0.2) is 11.5 Å². The molecule has 4 heterocycles. The number of hydrogen-bond acceptors (Lipinski definition) is 6. The topological polar surface area (TPSA) is 118 Å². The van der Waals surface area contributed by atoms with Crippen molar-refractivity contribution >= 4 is 34.1 Å². The van der Waals surface area contributed by atoms with Crippen molar-refractivity contribution in [3.8, 4) is 17.3 Å². The summed E-state index contributed by atoms with van der Waals surface area (Å²) in [5.74, 6) is 1.04. The fourth-order valence-corrected chi connectivity index (χ4v) is 5.48. The van der Waals surface area contributed by atoms with Gasteiger partial charge in [0.25, 0.3) is 11.6 Å². The first-order valence-electron chi connectivity index (χ1n) is 13.6. The van der Waals surface area contributed by atoms with E-state index in [9.17, 15) is 14.8 Å². The van der Waals surface area contributed by atoms with Crippen molar-refractivity contribution < 1.29 is 23.8 Å². The number of imidazole rings is 1. The quantitative estimate of drug-likeness (QED) is 0.298. The summed E-state index contributed by atoms with van der Waals surface area (Å²) in [4.78, 5) is 32.6. The summed E-state index contributed by atoms with van der Waals surface area (Å²) >= 11 is 0. The number of carbonyl (C=O) groups is 2. The molecule has 1 aliphatic heterocycles. The van der Waals surface area contributed by atoms with Crippen molar-refractivity contribution in [2.75, 3.05) is 20.2 Å². The van der Waals surface area contributed by atoms with E-state index in [1.165, 1.54) is 6.20 Å². The largest absolute Gasteiger partial charge is 0.711 e. The van der Waals surface area contributed by atoms with Crippen LogP contribution in [-0.2, 0) is 18.3 Å². The maximum absolute atomic E-state index is 13.6. The lowest BCUT2D eigenvalue weighted by atomic mass is 10.0. The third kappa shape index (κ3) is 5.03. The van der Waals surface area contributed by atoms with Gasteiger partial charge in [-0.25, -0.2) is 19.1 Å². The Balaban J connectivity index is 1.47. The fraction of sp³-hybridized carbons (Fsp3) is 0.448. The van der Waals surface area contributed by atoms with E-state index in [1.54, 1.807) is 30.2 Å². The SMILES string of the molecule is CCn1c(-c2nc3cc(C(=O)N4CCC[C@@H](NC(=O)OC(C)(C)C)C4)cc(OC)c3n2C)cc2ccc[n+]([O-])c21. The molecule has 3 aromatic heterocycles. The van der Waals surface area contributed by atoms with E-state index in [0.29, 0.717) is 47.9 Å². The predicted octanol–water partition coefficient (Wildman–Crippen LogP) is 3.99. The predicted molar refractivity (Wildman–Crippen MR) is 151 cm³/mol. The van der Waals surface area contributed by atoms with Crippen molar-refractivity contribution in [2.45, 2.75) is 58.7 Å². The van der Waals surface area contributed by atoms with Gasteiger partial charge in [-0.15, -0.1) is 0 Å². The molecule has 2 amide bonds. The Bertz CT molecular complexity index is 1600. The number of alkyl carbamates (subject to hydrolysis) is 1. The maximum atomic E-state index is 13.6. The van der Waals surface area contributed by atoms with Gasteiger partial charge < -0.3 is 29.5 Å². The third-order valence-corrected chi connectivity index (χ3v) is 7.18. The molecule has 40 heavy (non-hydrogen) atoms. The summed E-state index contributed by atoms with van der Waals surface area (Å²) in [6, 6.07) is 8.91. The second kappa shape index (κ2) is 10.4. The number of nitrogens with one attached hydrogen (secondary N) is 1. The Kier molecular flexibility index (Phi) is 7.07. The van der Waals surface area contributed by atoms with Crippen LogP contribution in [0, 0.1) is 5.21 Å². The minimum atomic E-state index is -0.594. The van der Waals surface area contributed by atoms with Gasteiger partial charge in [-0.05, 0) is 64.8 Å². The normalized spacial score (nSPS) is 15.9. The maximum Gasteiger partial charge on any atom is 0.407 e. The van der Waals surface area contributed by atoms with Crippen LogP contribution in [0.4, 0.5) is 4.79 Å². The first-order valence-corrected chi connectivity index (χ1v) is 13.6. The zero-order chi connectivity index (χ0) is 28.8. The highest BCUT2D eigenvalue weighted by atomic mass is 16.6.